The Morgan fingerprint density at radius 3 is 2.79 bits per heavy atom. The standard InChI is InChI=1S/C15H13NO2S/c1-9-3-5-12-14(7-9)19-15(16-12)11-8-10(18-2)4-6-13(11)17/h3-8,17H,1-2H3. The maximum absolute atomic E-state index is 9.97. The minimum Gasteiger partial charge on any atom is -0.507 e. The molecular weight excluding hydrogens is 258 g/mol. The van der Waals surface area contributed by atoms with Crippen LogP contribution in [0.5, 0.6) is 11.5 Å². The van der Waals surface area contributed by atoms with Crippen LogP contribution in [0.15, 0.2) is 36.4 Å². The molecule has 1 N–H and O–H groups in total. The van der Waals surface area contributed by atoms with Gasteiger partial charge in [0.1, 0.15) is 16.5 Å². The SMILES string of the molecule is COc1ccc(O)c(-c2nc3ccc(C)cc3s2)c1. The first-order valence-corrected chi connectivity index (χ1v) is 6.73. The van der Waals surface area contributed by atoms with Gasteiger partial charge >= 0.3 is 0 Å². The first-order valence-electron chi connectivity index (χ1n) is 5.92. The van der Waals surface area contributed by atoms with Gasteiger partial charge in [-0.1, -0.05) is 6.07 Å². The van der Waals surface area contributed by atoms with Gasteiger partial charge in [-0.05, 0) is 42.8 Å². The van der Waals surface area contributed by atoms with Crippen molar-refractivity contribution in [1.29, 1.82) is 0 Å². The van der Waals surface area contributed by atoms with Gasteiger partial charge in [0.2, 0.25) is 0 Å². The second-order valence-corrected chi connectivity index (χ2v) is 5.40. The summed E-state index contributed by atoms with van der Waals surface area (Å²) >= 11 is 1.57. The van der Waals surface area contributed by atoms with Crippen LogP contribution in [0.25, 0.3) is 20.8 Å². The number of aromatic hydroxyl groups is 1. The summed E-state index contributed by atoms with van der Waals surface area (Å²) in [4.78, 5) is 4.56. The van der Waals surface area contributed by atoms with E-state index in [-0.39, 0.29) is 5.75 Å². The van der Waals surface area contributed by atoms with Crippen LogP contribution < -0.4 is 4.74 Å². The number of ether oxygens (including phenoxy) is 1. The smallest absolute Gasteiger partial charge is 0.128 e. The maximum Gasteiger partial charge on any atom is 0.128 e. The number of phenolic OH excluding ortho intramolecular Hbond substituents is 1. The molecule has 0 aliphatic heterocycles. The molecule has 4 heteroatoms. The number of hydrogen-bond acceptors (Lipinski definition) is 4. The van der Waals surface area contributed by atoms with Crippen LogP contribution >= 0.6 is 11.3 Å². The number of rotatable bonds is 2. The molecule has 96 valence electrons. The Hall–Kier alpha value is -2.07. The summed E-state index contributed by atoms with van der Waals surface area (Å²) in [5, 5.41) is 10.8. The highest BCUT2D eigenvalue weighted by Gasteiger charge is 2.11. The van der Waals surface area contributed by atoms with Gasteiger partial charge in [-0.3, -0.25) is 0 Å². The molecule has 2 aromatic carbocycles. The number of benzene rings is 2. The Morgan fingerprint density at radius 1 is 1.16 bits per heavy atom. The summed E-state index contributed by atoms with van der Waals surface area (Å²) in [5.41, 5.74) is 2.86. The summed E-state index contributed by atoms with van der Waals surface area (Å²) in [5.74, 6) is 0.930. The molecule has 3 rings (SSSR count). The van der Waals surface area contributed by atoms with E-state index in [2.05, 4.69) is 18.0 Å². The number of nitrogens with zero attached hydrogens (tertiary/aromatic N) is 1. The lowest BCUT2D eigenvalue weighted by atomic mass is 10.2. The first-order chi connectivity index (χ1) is 9.17. The number of aromatic nitrogens is 1. The molecule has 0 spiro atoms. The van der Waals surface area contributed by atoms with Crippen LogP contribution in [0, 0.1) is 6.92 Å². The third-order valence-corrected chi connectivity index (χ3v) is 4.03. The molecule has 0 saturated carbocycles. The average Bonchev–Trinajstić information content (AvgIpc) is 2.82. The van der Waals surface area contributed by atoms with Crippen LogP contribution in [-0.2, 0) is 0 Å². The van der Waals surface area contributed by atoms with Gasteiger partial charge in [-0.15, -0.1) is 11.3 Å². The van der Waals surface area contributed by atoms with Crippen LogP contribution in [0.1, 0.15) is 5.56 Å². The number of fused-ring (bicyclic) bond motifs is 1. The lowest BCUT2D eigenvalue weighted by Gasteiger charge is -2.04. The van der Waals surface area contributed by atoms with E-state index in [1.807, 2.05) is 12.1 Å². The number of aryl methyl sites for hydroxylation is 1. The lowest BCUT2D eigenvalue weighted by Crippen LogP contribution is -1.84. The molecule has 1 aromatic heterocycles. The monoisotopic (exact) mass is 271 g/mol. The largest absolute Gasteiger partial charge is 0.507 e. The molecule has 19 heavy (non-hydrogen) atoms. The zero-order chi connectivity index (χ0) is 13.4. The van der Waals surface area contributed by atoms with Crippen molar-refractivity contribution in [3.05, 3.63) is 42.0 Å². The Morgan fingerprint density at radius 2 is 2.00 bits per heavy atom. The van der Waals surface area contributed by atoms with E-state index in [1.165, 1.54) is 5.56 Å². The van der Waals surface area contributed by atoms with Crippen LogP contribution in [0.3, 0.4) is 0 Å². The van der Waals surface area contributed by atoms with Crippen molar-refractivity contribution in [3.8, 4) is 22.1 Å². The highest BCUT2D eigenvalue weighted by Crippen LogP contribution is 2.37. The predicted octanol–water partition coefficient (Wildman–Crippen LogP) is 3.99. The molecular formula is C15H13NO2S. The van der Waals surface area contributed by atoms with Gasteiger partial charge in [-0.2, -0.15) is 0 Å². The number of phenols is 1. The van der Waals surface area contributed by atoms with Crippen LogP contribution in [0.2, 0.25) is 0 Å². The van der Waals surface area contributed by atoms with Gasteiger partial charge in [0.25, 0.3) is 0 Å². The molecule has 3 nitrogen and oxygen atoms in total. The summed E-state index contributed by atoms with van der Waals surface area (Å²) in [6.45, 7) is 2.06. The van der Waals surface area contributed by atoms with Crippen molar-refractivity contribution in [1.82, 2.24) is 4.98 Å². The molecule has 0 amide bonds. The molecule has 0 bridgehead atoms. The van der Waals surface area contributed by atoms with Gasteiger partial charge in [0, 0.05) is 0 Å². The van der Waals surface area contributed by atoms with E-state index in [9.17, 15) is 5.11 Å². The van der Waals surface area contributed by atoms with Gasteiger partial charge in [0.15, 0.2) is 0 Å². The molecule has 0 atom stereocenters. The van der Waals surface area contributed by atoms with E-state index in [4.69, 9.17) is 4.74 Å². The van der Waals surface area contributed by atoms with Crippen molar-refractivity contribution in [2.75, 3.05) is 7.11 Å². The summed E-state index contributed by atoms with van der Waals surface area (Å²) < 4.78 is 6.31. The Labute approximate surface area is 115 Å². The van der Waals surface area contributed by atoms with E-state index < -0.39 is 0 Å². The normalized spacial score (nSPS) is 10.8. The van der Waals surface area contributed by atoms with Gasteiger partial charge < -0.3 is 9.84 Å². The maximum atomic E-state index is 9.97. The van der Waals surface area contributed by atoms with Crippen molar-refractivity contribution in [3.63, 3.8) is 0 Å². The summed E-state index contributed by atoms with van der Waals surface area (Å²) in [7, 11) is 1.61. The van der Waals surface area contributed by atoms with Crippen LogP contribution in [-0.4, -0.2) is 17.2 Å². The van der Waals surface area contributed by atoms with E-state index >= 15 is 0 Å². The number of methoxy groups -OCH3 is 1. The van der Waals surface area contributed by atoms with Gasteiger partial charge in [-0.25, -0.2) is 4.98 Å². The van der Waals surface area contributed by atoms with Crippen LogP contribution in [0.4, 0.5) is 0 Å². The Bertz CT molecular complexity index is 749. The Kier molecular flexibility index (Phi) is 2.87. The fourth-order valence-electron chi connectivity index (χ4n) is 1.96. The Balaban J connectivity index is 2.18. The predicted molar refractivity (Wildman–Crippen MR) is 78.0 cm³/mol. The van der Waals surface area contributed by atoms with Crippen molar-refractivity contribution >= 4 is 21.6 Å². The molecule has 0 radical (unpaired) electrons. The highest BCUT2D eigenvalue weighted by molar-refractivity contribution is 7.21. The molecule has 0 fully saturated rings. The van der Waals surface area contributed by atoms with Gasteiger partial charge in [0.05, 0.1) is 22.9 Å². The van der Waals surface area contributed by atoms with E-state index in [0.717, 1.165) is 15.2 Å². The molecule has 0 aliphatic carbocycles. The topological polar surface area (TPSA) is 42.4 Å². The average molecular weight is 271 g/mol. The second-order valence-electron chi connectivity index (χ2n) is 4.37. The third-order valence-electron chi connectivity index (χ3n) is 2.98. The minimum atomic E-state index is 0.219. The molecule has 3 aromatic rings. The second kappa shape index (κ2) is 4.55. The molecule has 1 heterocycles. The van der Waals surface area contributed by atoms with E-state index in [0.29, 0.717) is 11.3 Å². The van der Waals surface area contributed by atoms with Crippen molar-refractivity contribution in [2.24, 2.45) is 0 Å². The van der Waals surface area contributed by atoms with Crippen molar-refractivity contribution < 1.29 is 9.84 Å². The lowest BCUT2D eigenvalue weighted by molar-refractivity contribution is 0.412. The summed E-state index contributed by atoms with van der Waals surface area (Å²) in [6.07, 6.45) is 0. The highest BCUT2D eigenvalue weighted by atomic mass is 32.1. The third kappa shape index (κ3) is 2.15. The van der Waals surface area contributed by atoms with Crippen molar-refractivity contribution in [2.45, 2.75) is 6.92 Å². The molecule has 0 aliphatic rings. The molecule has 0 saturated heterocycles. The zero-order valence-electron chi connectivity index (χ0n) is 10.7. The first kappa shape index (κ1) is 12.0. The fourth-order valence-corrected chi connectivity index (χ4v) is 3.05. The number of hydrogen-bond donors (Lipinski definition) is 1. The molecule has 0 unspecified atom stereocenters. The summed E-state index contributed by atoms with van der Waals surface area (Å²) in [6, 6.07) is 11.3. The zero-order valence-corrected chi connectivity index (χ0v) is 11.5. The fraction of sp³-hybridized carbons (Fsp3) is 0.133. The quantitative estimate of drug-likeness (QED) is 0.766. The minimum absolute atomic E-state index is 0.219. The van der Waals surface area contributed by atoms with E-state index in [1.54, 1.807) is 36.6 Å². The number of thiazole rings is 1.